The summed E-state index contributed by atoms with van der Waals surface area (Å²) in [4.78, 5) is 23.9. The fraction of sp³-hybridized carbons (Fsp3) is 0.846. The summed E-state index contributed by atoms with van der Waals surface area (Å²) in [7, 11) is 0. The van der Waals surface area contributed by atoms with Crippen molar-refractivity contribution in [3.05, 3.63) is 0 Å². The number of aliphatic hydroxyl groups excluding tert-OH is 1. The molecule has 0 aromatic heterocycles. The molecular weight excluding hydrogens is 204 g/mol. The highest BCUT2D eigenvalue weighted by atomic mass is 16.3. The number of rotatable bonds is 1. The van der Waals surface area contributed by atoms with Crippen LogP contribution >= 0.6 is 0 Å². The van der Waals surface area contributed by atoms with Crippen LogP contribution in [-0.2, 0) is 9.59 Å². The molecule has 88 valence electrons. The third kappa shape index (κ3) is 1.18. The molecule has 0 aromatic rings. The Hall–Kier alpha value is -0.700. The Morgan fingerprint density at radius 3 is 2.88 bits per heavy atom. The minimum atomic E-state index is -0.226. The van der Waals surface area contributed by atoms with Crippen molar-refractivity contribution in [1.82, 2.24) is 0 Å². The fourth-order valence-electron chi connectivity index (χ4n) is 4.33. The predicted molar refractivity (Wildman–Crippen MR) is 57.7 cm³/mol. The van der Waals surface area contributed by atoms with Gasteiger partial charge in [0.2, 0.25) is 0 Å². The molecule has 4 fully saturated rings. The van der Waals surface area contributed by atoms with Crippen molar-refractivity contribution in [2.24, 2.45) is 23.2 Å². The summed E-state index contributed by atoms with van der Waals surface area (Å²) in [6.45, 7) is 0.00587. The summed E-state index contributed by atoms with van der Waals surface area (Å²) in [5.74, 6) is 1.11. The quantitative estimate of drug-likeness (QED) is 0.728. The van der Waals surface area contributed by atoms with E-state index < -0.39 is 0 Å². The van der Waals surface area contributed by atoms with E-state index in [1.807, 2.05) is 0 Å². The van der Waals surface area contributed by atoms with Crippen LogP contribution in [0, 0.1) is 23.2 Å². The summed E-state index contributed by atoms with van der Waals surface area (Å²) < 4.78 is 0. The molecule has 4 aliphatic carbocycles. The minimum Gasteiger partial charge on any atom is -0.396 e. The van der Waals surface area contributed by atoms with E-state index in [0.717, 1.165) is 25.7 Å². The minimum absolute atomic E-state index is 0.00587. The van der Waals surface area contributed by atoms with Gasteiger partial charge in [0.05, 0.1) is 6.61 Å². The van der Waals surface area contributed by atoms with Gasteiger partial charge < -0.3 is 5.11 Å². The van der Waals surface area contributed by atoms with Gasteiger partial charge in [-0.05, 0) is 37.5 Å². The van der Waals surface area contributed by atoms with Crippen LogP contribution in [0.15, 0.2) is 0 Å². The van der Waals surface area contributed by atoms with Gasteiger partial charge in [0.15, 0.2) is 0 Å². The Labute approximate surface area is 95.2 Å². The molecule has 4 aliphatic rings. The zero-order valence-electron chi connectivity index (χ0n) is 9.45. The van der Waals surface area contributed by atoms with Gasteiger partial charge >= 0.3 is 0 Å². The summed E-state index contributed by atoms with van der Waals surface area (Å²) in [6.07, 6.45) is 4.96. The number of hydrogen-bond donors (Lipinski definition) is 1. The average Bonchev–Trinajstić information content (AvgIpc) is 2.29. The Balaban J connectivity index is 1.95. The monoisotopic (exact) mass is 222 g/mol. The van der Waals surface area contributed by atoms with Crippen molar-refractivity contribution in [3.8, 4) is 0 Å². The van der Waals surface area contributed by atoms with Gasteiger partial charge in [0.25, 0.3) is 0 Å². The maximum Gasteiger partial charge on any atom is 0.144 e. The van der Waals surface area contributed by atoms with Crippen LogP contribution in [0.4, 0.5) is 0 Å². The molecule has 0 aromatic carbocycles. The van der Waals surface area contributed by atoms with Crippen molar-refractivity contribution >= 4 is 11.6 Å². The molecule has 4 rings (SSSR count). The van der Waals surface area contributed by atoms with Gasteiger partial charge in [-0.25, -0.2) is 0 Å². The molecule has 16 heavy (non-hydrogen) atoms. The second-order valence-corrected chi connectivity index (χ2v) is 5.78. The van der Waals surface area contributed by atoms with E-state index in [0.29, 0.717) is 30.5 Å². The number of carbonyl (C=O) groups is 2. The first-order valence-corrected chi connectivity index (χ1v) is 6.34. The molecule has 1 spiro atoms. The van der Waals surface area contributed by atoms with Crippen LogP contribution in [0.3, 0.4) is 0 Å². The van der Waals surface area contributed by atoms with Crippen molar-refractivity contribution in [2.75, 3.05) is 6.61 Å². The zero-order chi connectivity index (χ0) is 11.3. The van der Waals surface area contributed by atoms with Gasteiger partial charge in [0.1, 0.15) is 11.6 Å². The number of Topliss-reactive ketones (excluding diaryl/α,β-unsaturated/α-hetero) is 2. The molecule has 1 N–H and O–H groups in total. The Morgan fingerprint density at radius 2 is 2.12 bits per heavy atom. The van der Waals surface area contributed by atoms with Crippen molar-refractivity contribution < 1.29 is 14.7 Å². The molecule has 3 heteroatoms. The smallest absolute Gasteiger partial charge is 0.144 e. The van der Waals surface area contributed by atoms with Gasteiger partial charge in [-0.2, -0.15) is 0 Å². The number of ketones is 2. The lowest BCUT2D eigenvalue weighted by atomic mass is 9.47. The summed E-state index contributed by atoms with van der Waals surface area (Å²) >= 11 is 0. The lowest BCUT2D eigenvalue weighted by Gasteiger charge is -2.55. The predicted octanol–water partition coefficient (Wildman–Crippen LogP) is 1.33. The standard InChI is InChI=1S/C13H18O3/c14-7-11-8-1-3-13(12(11)16)4-2-10(15)6-9(13)5-8/h8-9,11,14H,1-7H2/t8-,9-,11?,13-/m0/s1. The molecular formula is C13H18O3. The highest BCUT2D eigenvalue weighted by Gasteiger charge is 2.58. The molecule has 3 nitrogen and oxygen atoms in total. The average molecular weight is 222 g/mol. The molecule has 2 bridgehead atoms. The molecule has 4 atom stereocenters. The zero-order valence-corrected chi connectivity index (χ0v) is 9.45. The number of fused-ring (bicyclic) bond motifs is 2. The third-order valence-electron chi connectivity index (χ3n) is 5.25. The van der Waals surface area contributed by atoms with Crippen LogP contribution < -0.4 is 0 Å². The largest absolute Gasteiger partial charge is 0.396 e. The molecule has 4 saturated carbocycles. The highest BCUT2D eigenvalue weighted by Crippen LogP contribution is 2.58. The molecule has 0 radical (unpaired) electrons. The highest BCUT2D eigenvalue weighted by molar-refractivity contribution is 5.92. The molecule has 0 heterocycles. The summed E-state index contributed by atoms with van der Waals surface area (Å²) in [6, 6.07) is 0. The first kappa shape index (κ1) is 10.5. The molecule has 0 amide bonds. The van der Waals surface area contributed by atoms with Crippen LogP contribution in [-0.4, -0.2) is 23.3 Å². The molecule has 0 aliphatic heterocycles. The third-order valence-corrected chi connectivity index (χ3v) is 5.25. The number of aliphatic hydroxyl groups is 1. The van der Waals surface area contributed by atoms with Gasteiger partial charge in [-0.1, -0.05) is 0 Å². The number of hydrogen-bond acceptors (Lipinski definition) is 3. The summed E-state index contributed by atoms with van der Waals surface area (Å²) in [5, 5.41) is 9.33. The first-order chi connectivity index (χ1) is 7.67. The van der Waals surface area contributed by atoms with Crippen molar-refractivity contribution in [1.29, 1.82) is 0 Å². The lowest BCUT2D eigenvalue weighted by molar-refractivity contribution is -0.161. The Kier molecular flexibility index (Phi) is 2.22. The van der Waals surface area contributed by atoms with Crippen molar-refractivity contribution in [3.63, 3.8) is 0 Å². The maximum atomic E-state index is 12.4. The SMILES string of the molecule is O=C1CC[C@@]23CC[C@@H](C[C@H]2C1)C(CO)C3=O. The lowest BCUT2D eigenvalue weighted by Crippen LogP contribution is -2.57. The second-order valence-electron chi connectivity index (χ2n) is 5.78. The van der Waals surface area contributed by atoms with E-state index >= 15 is 0 Å². The number of carbonyl (C=O) groups excluding carboxylic acids is 2. The van der Waals surface area contributed by atoms with E-state index in [4.69, 9.17) is 0 Å². The molecule has 1 unspecified atom stereocenters. The van der Waals surface area contributed by atoms with E-state index in [2.05, 4.69) is 0 Å². The summed E-state index contributed by atoms with van der Waals surface area (Å²) in [5.41, 5.74) is -0.226. The van der Waals surface area contributed by atoms with Gasteiger partial charge in [-0.15, -0.1) is 0 Å². The normalized spacial score (nSPS) is 46.9. The van der Waals surface area contributed by atoms with Gasteiger partial charge in [0, 0.05) is 24.2 Å². The Bertz CT molecular complexity index is 349. The van der Waals surface area contributed by atoms with Crippen molar-refractivity contribution in [2.45, 2.75) is 38.5 Å². The topological polar surface area (TPSA) is 54.4 Å². The van der Waals surface area contributed by atoms with E-state index in [1.165, 1.54) is 0 Å². The first-order valence-electron chi connectivity index (χ1n) is 6.34. The van der Waals surface area contributed by atoms with Crippen LogP contribution in [0.1, 0.15) is 38.5 Å². The Morgan fingerprint density at radius 1 is 1.31 bits per heavy atom. The van der Waals surface area contributed by atoms with E-state index in [1.54, 1.807) is 0 Å². The maximum absolute atomic E-state index is 12.4. The van der Waals surface area contributed by atoms with Crippen LogP contribution in [0.5, 0.6) is 0 Å². The second kappa shape index (κ2) is 3.39. The van der Waals surface area contributed by atoms with E-state index in [-0.39, 0.29) is 23.7 Å². The van der Waals surface area contributed by atoms with Crippen LogP contribution in [0.25, 0.3) is 0 Å². The van der Waals surface area contributed by atoms with Crippen LogP contribution in [0.2, 0.25) is 0 Å². The molecule has 0 saturated heterocycles. The van der Waals surface area contributed by atoms with Gasteiger partial charge in [-0.3, -0.25) is 9.59 Å². The fourth-order valence-corrected chi connectivity index (χ4v) is 4.33. The van der Waals surface area contributed by atoms with E-state index in [9.17, 15) is 14.7 Å².